The number of halogens is 1. The highest BCUT2D eigenvalue weighted by atomic mass is 19.1. The lowest BCUT2D eigenvalue weighted by atomic mass is 10.2. The molecule has 0 aliphatic heterocycles. The van der Waals surface area contributed by atoms with E-state index in [2.05, 4.69) is 25.2 Å². The lowest BCUT2D eigenvalue weighted by Gasteiger charge is -2.06. The van der Waals surface area contributed by atoms with Crippen molar-refractivity contribution in [1.29, 1.82) is 0 Å². The molecular weight excluding hydrogens is 351 g/mol. The molecule has 1 N–H and O–H groups in total. The summed E-state index contributed by atoms with van der Waals surface area (Å²) in [6.07, 6.45) is 4.94. The Kier molecular flexibility index (Phi) is 9.48. The van der Waals surface area contributed by atoms with Crippen LogP contribution >= 0.6 is 0 Å². The lowest BCUT2D eigenvalue weighted by Crippen LogP contribution is -2.11. The molecule has 27 heavy (non-hydrogen) atoms. The van der Waals surface area contributed by atoms with Gasteiger partial charge in [0.05, 0.1) is 32.2 Å². The van der Waals surface area contributed by atoms with Gasteiger partial charge in [-0.25, -0.2) is 9.37 Å². The van der Waals surface area contributed by atoms with Gasteiger partial charge in [0, 0.05) is 30.6 Å². The number of rotatable bonds is 12. The summed E-state index contributed by atoms with van der Waals surface area (Å²) in [5, 5.41) is 11.1. The average Bonchev–Trinajstić information content (AvgIpc) is 2.72. The maximum absolute atomic E-state index is 11.7. The van der Waals surface area contributed by atoms with Gasteiger partial charge in [0.2, 0.25) is 5.88 Å². The second-order valence-electron chi connectivity index (χ2n) is 5.27. The molecule has 2 rings (SSSR count). The Morgan fingerprint density at radius 2 is 1.59 bits per heavy atom. The summed E-state index contributed by atoms with van der Waals surface area (Å²) in [7, 11) is 1.87. The molecular formula is C19H23FN4O3. The van der Waals surface area contributed by atoms with Crippen LogP contribution in [0, 0.1) is 0 Å². The van der Waals surface area contributed by atoms with Gasteiger partial charge in [-0.15, -0.1) is 0 Å². The molecule has 144 valence electrons. The van der Waals surface area contributed by atoms with Crippen LogP contribution in [-0.4, -0.2) is 57.7 Å². The summed E-state index contributed by atoms with van der Waals surface area (Å²) >= 11 is 0. The second-order valence-corrected chi connectivity index (χ2v) is 5.27. The van der Waals surface area contributed by atoms with Crippen molar-refractivity contribution in [2.24, 2.45) is 10.2 Å². The fourth-order valence-corrected chi connectivity index (χ4v) is 1.97. The number of hydrogen-bond donors (Lipinski definition) is 1. The predicted octanol–water partition coefficient (Wildman–Crippen LogP) is 2.92. The van der Waals surface area contributed by atoms with E-state index in [9.17, 15) is 4.39 Å². The summed E-state index contributed by atoms with van der Waals surface area (Å²) in [5.74, 6) is 0.490. The molecule has 8 heteroatoms. The summed E-state index contributed by atoms with van der Waals surface area (Å²) in [6, 6.07) is 11.4. The number of hydrogen-bond acceptors (Lipinski definition) is 7. The van der Waals surface area contributed by atoms with Gasteiger partial charge in [-0.1, -0.05) is 12.1 Å². The molecule has 0 atom stereocenters. The molecule has 1 heterocycles. The fraction of sp³-hybridized carbons (Fsp3) is 0.316. The first kappa shape index (κ1) is 20.5. The minimum Gasteiger partial charge on any atom is -0.475 e. The molecule has 0 aliphatic rings. The van der Waals surface area contributed by atoms with Crippen LogP contribution in [0.15, 0.2) is 52.8 Å². The van der Waals surface area contributed by atoms with Gasteiger partial charge in [-0.3, -0.25) is 0 Å². The van der Waals surface area contributed by atoms with Crippen molar-refractivity contribution < 1.29 is 18.6 Å². The highest BCUT2D eigenvalue weighted by Crippen LogP contribution is 2.07. The van der Waals surface area contributed by atoms with Crippen molar-refractivity contribution in [2.75, 3.05) is 45.7 Å². The Balaban J connectivity index is 1.69. The van der Waals surface area contributed by atoms with E-state index in [1.165, 1.54) is 0 Å². The third-order valence-corrected chi connectivity index (χ3v) is 3.37. The van der Waals surface area contributed by atoms with Gasteiger partial charge in [0.15, 0.2) is 6.86 Å². The van der Waals surface area contributed by atoms with Crippen LogP contribution in [-0.2, 0) is 9.47 Å². The first-order chi connectivity index (χ1) is 13.3. The van der Waals surface area contributed by atoms with Gasteiger partial charge in [-0.2, -0.15) is 10.2 Å². The lowest BCUT2D eigenvalue weighted by molar-refractivity contribution is 0.00397. The maximum atomic E-state index is 11.7. The summed E-state index contributed by atoms with van der Waals surface area (Å²) in [6.45, 7) is 0.495. The number of pyridine rings is 1. The van der Waals surface area contributed by atoms with Crippen LogP contribution in [0.4, 0.5) is 10.1 Å². The fourth-order valence-electron chi connectivity index (χ4n) is 1.97. The van der Waals surface area contributed by atoms with E-state index in [1.807, 2.05) is 37.4 Å². The Morgan fingerprint density at radius 1 is 0.926 bits per heavy atom. The molecule has 0 fully saturated rings. The van der Waals surface area contributed by atoms with Gasteiger partial charge in [0.25, 0.3) is 0 Å². The summed E-state index contributed by atoms with van der Waals surface area (Å²) < 4.78 is 26.9. The average molecular weight is 374 g/mol. The minimum atomic E-state index is -0.797. The third-order valence-electron chi connectivity index (χ3n) is 3.37. The maximum Gasteiger partial charge on any atom is 0.213 e. The van der Waals surface area contributed by atoms with Crippen molar-refractivity contribution >= 4 is 18.1 Å². The first-order valence-electron chi connectivity index (χ1n) is 8.46. The SMILES string of the molecule is CNc1ccc(/C=N/N=C/c2ccc(OCCOCCOCF)nc2)cc1. The molecule has 0 saturated carbocycles. The Morgan fingerprint density at radius 3 is 2.26 bits per heavy atom. The van der Waals surface area contributed by atoms with Crippen LogP contribution in [0.1, 0.15) is 11.1 Å². The molecule has 0 radical (unpaired) electrons. The van der Waals surface area contributed by atoms with E-state index in [-0.39, 0.29) is 6.61 Å². The number of nitrogens with one attached hydrogen (secondary N) is 1. The number of nitrogens with zero attached hydrogens (tertiary/aromatic N) is 3. The van der Waals surface area contributed by atoms with Gasteiger partial charge >= 0.3 is 0 Å². The highest BCUT2D eigenvalue weighted by Gasteiger charge is 1.96. The van der Waals surface area contributed by atoms with E-state index >= 15 is 0 Å². The zero-order valence-electron chi connectivity index (χ0n) is 15.2. The molecule has 1 aromatic carbocycles. The third kappa shape index (κ3) is 8.39. The molecule has 7 nitrogen and oxygen atoms in total. The van der Waals surface area contributed by atoms with Crippen LogP contribution in [0.25, 0.3) is 0 Å². The van der Waals surface area contributed by atoms with Crippen LogP contribution in [0.3, 0.4) is 0 Å². The minimum absolute atomic E-state index is 0.229. The number of aromatic nitrogens is 1. The van der Waals surface area contributed by atoms with Crippen LogP contribution < -0.4 is 10.1 Å². The second kappa shape index (κ2) is 12.5. The molecule has 0 amide bonds. The van der Waals surface area contributed by atoms with E-state index < -0.39 is 6.86 Å². The standard InChI is InChI=1S/C19H23FN4O3/c1-21-18-5-2-16(3-6-18)13-23-24-14-17-4-7-19(22-12-17)27-11-10-25-8-9-26-15-20/h2-7,12-14,21H,8-11,15H2,1H3/b23-13+,24-14+. The van der Waals surface area contributed by atoms with Crippen LogP contribution in [0.2, 0.25) is 0 Å². The van der Waals surface area contributed by atoms with E-state index in [0.717, 1.165) is 16.8 Å². The van der Waals surface area contributed by atoms with Crippen molar-refractivity contribution in [3.05, 3.63) is 53.7 Å². The van der Waals surface area contributed by atoms with Gasteiger partial charge in [0.1, 0.15) is 6.61 Å². The summed E-state index contributed by atoms with van der Waals surface area (Å²) in [5.41, 5.74) is 2.82. The Bertz CT molecular complexity index is 706. The molecule has 0 unspecified atom stereocenters. The quantitative estimate of drug-likeness (QED) is 0.351. The topological polar surface area (TPSA) is 77.3 Å². The molecule has 1 aromatic heterocycles. The number of alkyl halides is 1. The van der Waals surface area contributed by atoms with Crippen molar-refractivity contribution in [3.63, 3.8) is 0 Å². The Labute approximate surface area is 157 Å². The van der Waals surface area contributed by atoms with E-state index in [1.54, 1.807) is 24.7 Å². The molecule has 0 bridgehead atoms. The van der Waals surface area contributed by atoms with Crippen molar-refractivity contribution in [2.45, 2.75) is 0 Å². The monoisotopic (exact) mass is 374 g/mol. The smallest absolute Gasteiger partial charge is 0.213 e. The number of benzene rings is 1. The number of anilines is 1. The van der Waals surface area contributed by atoms with E-state index in [0.29, 0.717) is 25.7 Å². The molecule has 0 saturated heterocycles. The Hall–Kier alpha value is -2.84. The summed E-state index contributed by atoms with van der Waals surface area (Å²) in [4.78, 5) is 4.18. The first-order valence-corrected chi connectivity index (χ1v) is 8.46. The largest absolute Gasteiger partial charge is 0.475 e. The molecule has 0 spiro atoms. The molecule has 2 aromatic rings. The van der Waals surface area contributed by atoms with Crippen molar-refractivity contribution in [1.82, 2.24) is 4.98 Å². The van der Waals surface area contributed by atoms with Gasteiger partial charge < -0.3 is 19.5 Å². The molecule has 0 aliphatic carbocycles. The number of ether oxygens (including phenoxy) is 3. The zero-order valence-corrected chi connectivity index (χ0v) is 15.2. The highest BCUT2D eigenvalue weighted by molar-refractivity contribution is 5.82. The zero-order chi connectivity index (χ0) is 19.2. The predicted molar refractivity (Wildman–Crippen MR) is 104 cm³/mol. The van der Waals surface area contributed by atoms with Crippen molar-refractivity contribution in [3.8, 4) is 5.88 Å². The normalized spacial score (nSPS) is 11.3. The van der Waals surface area contributed by atoms with E-state index in [4.69, 9.17) is 9.47 Å². The van der Waals surface area contributed by atoms with Crippen LogP contribution in [0.5, 0.6) is 5.88 Å². The van der Waals surface area contributed by atoms with Gasteiger partial charge in [-0.05, 0) is 23.8 Å².